The first-order chi connectivity index (χ1) is 9.63. The number of nitrogens with one attached hydrogen (secondary N) is 1. The number of esters is 1. The molecular weight excluding hydrogens is 258 g/mol. The normalized spacial score (nSPS) is 15.1. The van der Waals surface area contributed by atoms with E-state index in [9.17, 15) is 4.79 Å². The summed E-state index contributed by atoms with van der Waals surface area (Å²) in [6.45, 7) is 5.69. The van der Waals surface area contributed by atoms with Gasteiger partial charge in [-0.15, -0.1) is 0 Å². The zero-order valence-corrected chi connectivity index (χ0v) is 12.2. The van der Waals surface area contributed by atoms with Crippen LogP contribution in [0.4, 0.5) is 11.8 Å². The average molecular weight is 279 g/mol. The lowest BCUT2D eigenvalue weighted by atomic mass is 10.3. The molecule has 2 rings (SSSR count). The van der Waals surface area contributed by atoms with Crippen molar-refractivity contribution in [1.29, 1.82) is 0 Å². The van der Waals surface area contributed by atoms with Gasteiger partial charge in [-0.2, -0.15) is 4.98 Å². The van der Waals surface area contributed by atoms with Gasteiger partial charge in [-0.3, -0.25) is 0 Å². The van der Waals surface area contributed by atoms with Crippen molar-refractivity contribution in [1.82, 2.24) is 15.3 Å². The summed E-state index contributed by atoms with van der Waals surface area (Å²) in [4.78, 5) is 24.6. The van der Waals surface area contributed by atoms with Crippen LogP contribution in [0.25, 0.3) is 0 Å². The number of piperazine rings is 1. The molecule has 1 fully saturated rings. The molecule has 0 bridgehead atoms. The first-order valence-corrected chi connectivity index (χ1v) is 6.80. The first-order valence-electron chi connectivity index (χ1n) is 6.80. The Morgan fingerprint density at radius 2 is 2.15 bits per heavy atom. The molecule has 0 aliphatic carbocycles. The monoisotopic (exact) mass is 279 g/mol. The number of aromatic nitrogens is 2. The number of anilines is 2. The summed E-state index contributed by atoms with van der Waals surface area (Å²) in [5.74, 6) is 0.860. The lowest BCUT2D eigenvalue weighted by Crippen LogP contribution is -2.44. The summed E-state index contributed by atoms with van der Waals surface area (Å²) >= 11 is 0. The fourth-order valence-corrected chi connectivity index (χ4v) is 2.07. The largest absolute Gasteiger partial charge is 0.462 e. The van der Waals surface area contributed by atoms with Crippen LogP contribution in [0.2, 0.25) is 0 Å². The van der Waals surface area contributed by atoms with E-state index in [0.717, 1.165) is 26.2 Å². The van der Waals surface area contributed by atoms with Gasteiger partial charge in [-0.1, -0.05) is 0 Å². The van der Waals surface area contributed by atoms with E-state index in [4.69, 9.17) is 4.74 Å². The Balaban J connectivity index is 2.29. The molecular formula is C13H21N5O2. The number of carbonyl (C=O) groups is 1. The highest BCUT2D eigenvalue weighted by Crippen LogP contribution is 2.20. The highest BCUT2D eigenvalue weighted by atomic mass is 16.5. The Kier molecular flexibility index (Phi) is 4.73. The number of rotatable bonds is 4. The molecule has 0 unspecified atom stereocenters. The Hall–Kier alpha value is -1.89. The van der Waals surface area contributed by atoms with Crippen LogP contribution in [-0.2, 0) is 4.74 Å². The number of hydrogen-bond donors (Lipinski definition) is 1. The Morgan fingerprint density at radius 1 is 1.45 bits per heavy atom. The molecule has 0 atom stereocenters. The highest BCUT2D eigenvalue weighted by molar-refractivity contribution is 5.94. The van der Waals surface area contributed by atoms with Gasteiger partial charge in [0, 0.05) is 46.5 Å². The molecule has 0 radical (unpaired) electrons. The van der Waals surface area contributed by atoms with Crippen LogP contribution in [0.5, 0.6) is 0 Å². The molecule has 2 heterocycles. The van der Waals surface area contributed by atoms with Gasteiger partial charge < -0.3 is 19.9 Å². The van der Waals surface area contributed by atoms with Gasteiger partial charge in [0.15, 0.2) is 0 Å². The van der Waals surface area contributed by atoms with Gasteiger partial charge in [0.2, 0.25) is 5.95 Å². The molecule has 7 nitrogen and oxygen atoms in total. The van der Waals surface area contributed by atoms with Crippen molar-refractivity contribution < 1.29 is 9.53 Å². The molecule has 20 heavy (non-hydrogen) atoms. The van der Waals surface area contributed by atoms with Crippen molar-refractivity contribution in [3.8, 4) is 0 Å². The summed E-state index contributed by atoms with van der Waals surface area (Å²) in [5.41, 5.74) is 0.399. The van der Waals surface area contributed by atoms with Crippen LogP contribution >= 0.6 is 0 Å². The Labute approximate surface area is 118 Å². The van der Waals surface area contributed by atoms with E-state index < -0.39 is 0 Å². The van der Waals surface area contributed by atoms with E-state index in [-0.39, 0.29) is 5.97 Å². The Bertz CT molecular complexity index is 472. The fraction of sp³-hybridized carbons (Fsp3) is 0.615. The first kappa shape index (κ1) is 14.5. The van der Waals surface area contributed by atoms with Crippen molar-refractivity contribution in [3.63, 3.8) is 0 Å². The minimum Gasteiger partial charge on any atom is -0.462 e. The van der Waals surface area contributed by atoms with E-state index >= 15 is 0 Å². The number of ether oxygens (including phenoxy) is 1. The van der Waals surface area contributed by atoms with E-state index in [2.05, 4.69) is 20.2 Å². The van der Waals surface area contributed by atoms with E-state index in [1.54, 1.807) is 18.0 Å². The maximum Gasteiger partial charge on any atom is 0.343 e. The highest BCUT2D eigenvalue weighted by Gasteiger charge is 2.20. The van der Waals surface area contributed by atoms with Crippen LogP contribution in [0, 0.1) is 0 Å². The smallest absolute Gasteiger partial charge is 0.343 e. The van der Waals surface area contributed by atoms with Gasteiger partial charge in [-0.25, -0.2) is 9.78 Å². The second-order valence-electron chi connectivity index (χ2n) is 4.76. The molecule has 1 aliphatic heterocycles. The molecule has 1 aromatic rings. The zero-order valence-electron chi connectivity index (χ0n) is 12.2. The minimum atomic E-state index is -0.386. The SMILES string of the molecule is CCOC(=O)c1cnc(N2CCNCC2)nc1N(C)C. The maximum absolute atomic E-state index is 11.9. The van der Waals surface area contributed by atoms with E-state index in [1.807, 2.05) is 14.1 Å². The van der Waals surface area contributed by atoms with Crippen molar-refractivity contribution in [2.24, 2.45) is 0 Å². The van der Waals surface area contributed by atoms with Crippen molar-refractivity contribution >= 4 is 17.7 Å². The third-order valence-electron chi connectivity index (χ3n) is 3.07. The number of hydrogen-bond acceptors (Lipinski definition) is 7. The van der Waals surface area contributed by atoms with Crippen LogP contribution in [-0.4, -0.2) is 62.8 Å². The van der Waals surface area contributed by atoms with Crippen LogP contribution in [0.1, 0.15) is 17.3 Å². The maximum atomic E-state index is 11.9. The molecule has 1 aromatic heterocycles. The molecule has 1 saturated heterocycles. The van der Waals surface area contributed by atoms with Crippen molar-refractivity contribution in [3.05, 3.63) is 11.8 Å². The van der Waals surface area contributed by atoms with Gasteiger partial charge in [0.25, 0.3) is 0 Å². The summed E-state index contributed by atoms with van der Waals surface area (Å²) in [6, 6.07) is 0. The van der Waals surface area contributed by atoms with Crippen molar-refractivity contribution in [2.45, 2.75) is 6.92 Å². The summed E-state index contributed by atoms with van der Waals surface area (Å²) < 4.78 is 5.03. The van der Waals surface area contributed by atoms with Crippen molar-refractivity contribution in [2.75, 3.05) is 56.7 Å². The predicted octanol–water partition coefficient (Wildman–Crippen LogP) is 0.129. The number of carbonyl (C=O) groups excluding carboxylic acids is 1. The third kappa shape index (κ3) is 3.16. The van der Waals surface area contributed by atoms with Gasteiger partial charge >= 0.3 is 5.97 Å². The lowest BCUT2D eigenvalue weighted by molar-refractivity contribution is 0.0526. The second kappa shape index (κ2) is 6.51. The lowest BCUT2D eigenvalue weighted by Gasteiger charge is -2.28. The molecule has 110 valence electrons. The number of nitrogens with zero attached hydrogens (tertiary/aromatic N) is 4. The molecule has 0 saturated carbocycles. The van der Waals surface area contributed by atoms with Crippen LogP contribution < -0.4 is 15.1 Å². The molecule has 0 spiro atoms. The topological polar surface area (TPSA) is 70.6 Å². The zero-order chi connectivity index (χ0) is 14.5. The molecule has 0 amide bonds. The quantitative estimate of drug-likeness (QED) is 0.785. The molecule has 0 aromatic carbocycles. The summed E-state index contributed by atoms with van der Waals surface area (Å²) in [6.07, 6.45) is 1.55. The molecule has 7 heteroatoms. The average Bonchev–Trinajstić information content (AvgIpc) is 2.47. The second-order valence-corrected chi connectivity index (χ2v) is 4.76. The van der Waals surface area contributed by atoms with Crippen LogP contribution in [0.3, 0.4) is 0 Å². The van der Waals surface area contributed by atoms with Crippen LogP contribution in [0.15, 0.2) is 6.20 Å². The van der Waals surface area contributed by atoms with Gasteiger partial charge in [0.05, 0.1) is 6.61 Å². The molecule has 1 N–H and O–H groups in total. The van der Waals surface area contributed by atoms with Gasteiger partial charge in [0.1, 0.15) is 11.4 Å². The molecule has 1 aliphatic rings. The van der Waals surface area contributed by atoms with Gasteiger partial charge in [-0.05, 0) is 6.92 Å². The Morgan fingerprint density at radius 3 is 2.75 bits per heavy atom. The minimum absolute atomic E-state index is 0.339. The predicted molar refractivity (Wildman–Crippen MR) is 77.4 cm³/mol. The summed E-state index contributed by atoms with van der Waals surface area (Å²) in [7, 11) is 3.71. The standard InChI is InChI=1S/C13H21N5O2/c1-4-20-12(19)10-9-15-13(16-11(10)17(2)3)18-7-5-14-6-8-18/h9,14H,4-8H2,1-3H3. The fourth-order valence-electron chi connectivity index (χ4n) is 2.07. The van der Waals surface area contributed by atoms with E-state index in [0.29, 0.717) is 23.9 Å². The third-order valence-corrected chi connectivity index (χ3v) is 3.07. The summed E-state index contributed by atoms with van der Waals surface area (Å²) in [5, 5.41) is 3.29. The van der Waals surface area contributed by atoms with E-state index in [1.165, 1.54) is 0 Å².